The third-order valence-electron chi connectivity index (χ3n) is 5.51. The van der Waals surface area contributed by atoms with Crippen LogP contribution in [0.3, 0.4) is 0 Å². The third kappa shape index (κ3) is 4.22. The van der Waals surface area contributed by atoms with Gasteiger partial charge in [0.1, 0.15) is 11.0 Å². The molecule has 0 atom stereocenters. The molecule has 0 saturated carbocycles. The summed E-state index contributed by atoms with van der Waals surface area (Å²) in [7, 11) is 1.76. The molecule has 5 heterocycles. The first-order valence-corrected chi connectivity index (χ1v) is 11.6. The maximum Gasteiger partial charge on any atom is 0.169 e. The molecule has 0 radical (unpaired) electrons. The Morgan fingerprint density at radius 1 is 1.23 bits per heavy atom. The number of imidazole rings is 1. The number of nitrogens with one attached hydrogen (secondary N) is 2. The lowest BCUT2D eigenvalue weighted by atomic mass is 10.1. The number of thiophene rings is 1. The van der Waals surface area contributed by atoms with Crippen LogP contribution in [0.2, 0.25) is 0 Å². The number of hydrogen-bond donors (Lipinski definition) is 3. The highest BCUT2D eigenvalue weighted by Gasteiger charge is 2.18. The van der Waals surface area contributed by atoms with Crippen LogP contribution >= 0.6 is 11.3 Å². The van der Waals surface area contributed by atoms with Crippen molar-refractivity contribution < 1.29 is 9.90 Å². The summed E-state index contributed by atoms with van der Waals surface area (Å²) in [5.74, 6) is 0.556. The molecule has 35 heavy (non-hydrogen) atoms. The number of fused-ring (bicyclic) bond motifs is 2. The molecule has 10 nitrogen and oxygen atoms in total. The second-order valence-corrected chi connectivity index (χ2v) is 8.95. The lowest BCUT2D eigenvalue weighted by molar-refractivity contribution is 0.102. The minimum atomic E-state index is -0.0269. The number of pyridine rings is 2. The minimum absolute atomic E-state index is 0.0269. The van der Waals surface area contributed by atoms with Crippen LogP contribution in [-0.2, 0) is 0 Å². The summed E-state index contributed by atoms with van der Waals surface area (Å²) in [6, 6.07) is 9.39. The van der Waals surface area contributed by atoms with E-state index in [-0.39, 0.29) is 12.4 Å². The van der Waals surface area contributed by atoms with Crippen LogP contribution in [0.25, 0.3) is 49.7 Å². The summed E-state index contributed by atoms with van der Waals surface area (Å²) < 4.78 is 0. The number of ketones is 1. The van der Waals surface area contributed by atoms with Gasteiger partial charge in [0.25, 0.3) is 0 Å². The number of nitrogens with zero attached hydrogens (tertiary/aromatic N) is 6. The Morgan fingerprint density at radius 3 is 2.83 bits per heavy atom. The number of H-pyrrole nitrogens is 2. The van der Waals surface area contributed by atoms with Crippen molar-refractivity contribution in [2.24, 2.45) is 5.10 Å². The third-order valence-corrected chi connectivity index (χ3v) is 6.73. The SMILES string of the molecule is C=NN(C)/C=C(\CCO)c1ccc2[nH]nc(-c3nc4c(-c5ccc(C(C)=O)s5)ccnc4[nH]3)c2n1. The molecule has 5 rings (SSSR count). The van der Waals surface area contributed by atoms with Gasteiger partial charge in [-0.2, -0.15) is 10.2 Å². The predicted octanol–water partition coefficient (Wildman–Crippen LogP) is 4.10. The Labute approximate surface area is 204 Å². The molecule has 0 fully saturated rings. The number of aliphatic hydroxyl groups is 1. The topological polar surface area (TPSA) is 136 Å². The van der Waals surface area contributed by atoms with Crippen LogP contribution in [0.15, 0.2) is 47.8 Å². The van der Waals surface area contributed by atoms with Gasteiger partial charge in [-0.05, 0) is 49.2 Å². The molecule has 0 spiro atoms. The van der Waals surface area contributed by atoms with Gasteiger partial charge in [-0.25, -0.2) is 15.0 Å². The van der Waals surface area contributed by atoms with Gasteiger partial charge in [-0.15, -0.1) is 11.3 Å². The van der Waals surface area contributed by atoms with E-state index in [0.717, 1.165) is 21.5 Å². The van der Waals surface area contributed by atoms with Crippen LogP contribution < -0.4 is 0 Å². The van der Waals surface area contributed by atoms with Crippen molar-refractivity contribution in [3.05, 3.63) is 53.3 Å². The molecule has 5 aromatic heterocycles. The predicted molar refractivity (Wildman–Crippen MR) is 137 cm³/mol. The van der Waals surface area contributed by atoms with E-state index in [4.69, 9.17) is 9.97 Å². The zero-order valence-electron chi connectivity index (χ0n) is 19.1. The highest BCUT2D eigenvalue weighted by atomic mass is 32.1. The molecule has 5 aromatic rings. The lowest BCUT2D eigenvalue weighted by Gasteiger charge is -2.11. The zero-order chi connectivity index (χ0) is 24.5. The molecule has 0 unspecified atom stereocenters. The van der Waals surface area contributed by atoms with Crippen molar-refractivity contribution in [2.75, 3.05) is 13.7 Å². The van der Waals surface area contributed by atoms with Crippen LogP contribution in [0.1, 0.15) is 28.7 Å². The summed E-state index contributed by atoms with van der Waals surface area (Å²) >= 11 is 1.43. The Morgan fingerprint density at radius 2 is 2.09 bits per heavy atom. The standard InChI is InChI=1S/C24H22N8O2S/c1-13(34)18-6-7-19(35-18)15-8-10-26-23-20(15)28-24(29-23)22-21-17(30-31-22)5-4-16(27-21)14(9-11-33)12-32(3)25-2/h4-8,10,12,33H,2,9,11H2,1,3H3,(H,30,31)(H,26,28,29)/b14-12+. The molecule has 0 amide bonds. The van der Waals surface area contributed by atoms with Crippen LogP contribution in [0.5, 0.6) is 0 Å². The summed E-state index contributed by atoms with van der Waals surface area (Å²) in [5, 5.41) is 22.4. The number of aliphatic hydroxyl groups excluding tert-OH is 1. The molecule has 3 N–H and O–H groups in total. The average Bonchev–Trinajstić information content (AvgIpc) is 3.60. The molecule has 0 saturated heterocycles. The Balaban J connectivity index is 1.61. The van der Waals surface area contributed by atoms with Crippen LogP contribution in [0, 0.1) is 0 Å². The highest BCUT2D eigenvalue weighted by Crippen LogP contribution is 2.34. The van der Waals surface area contributed by atoms with Gasteiger partial charge in [0, 0.05) is 43.2 Å². The first-order chi connectivity index (χ1) is 17.0. The molecular weight excluding hydrogens is 464 g/mol. The van der Waals surface area contributed by atoms with Gasteiger partial charge in [0.05, 0.1) is 16.1 Å². The van der Waals surface area contributed by atoms with E-state index in [2.05, 4.69) is 32.0 Å². The second kappa shape index (κ2) is 9.20. The van der Waals surface area contributed by atoms with Gasteiger partial charge in [-0.1, -0.05) is 0 Å². The lowest BCUT2D eigenvalue weighted by Crippen LogP contribution is -2.03. The van der Waals surface area contributed by atoms with E-state index >= 15 is 0 Å². The van der Waals surface area contributed by atoms with E-state index < -0.39 is 0 Å². The number of aromatic amines is 2. The zero-order valence-corrected chi connectivity index (χ0v) is 19.9. The van der Waals surface area contributed by atoms with E-state index in [1.54, 1.807) is 31.4 Å². The van der Waals surface area contributed by atoms with Crippen molar-refractivity contribution >= 4 is 51.6 Å². The molecule has 0 aliphatic carbocycles. The molecule has 176 valence electrons. The Bertz CT molecular complexity index is 1600. The summed E-state index contributed by atoms with van der Waals surface area (Å²) in [6.45, 7) is 5.05. The summed E-state index contributed by atoms with van der Waals surface area (Å²) in [4.78, 5) is 30.7. The largest absolute Gasteiger partial charge is 0.396 e. The smallest absolute Gasteiger partial charge is 0.169 e. The Hall–Kier alpha value is -4.22. The van der Waals surface area contributed by atoms with Crippen LogP contribution in [-0.4, -0.2) is 66.4 Å². The van der Waals surface area contributed by atoms with Crippen molar-refractivity contribution in [3.8, 4) is 22.0 Å². The van der Waals surface area contributed by atoms with E-state index in [0.29, 0.717) is 45.2 Å². The quantitative estimate of drug-likeness (QED) is 0.171. The van der Waals surface area contributed by atoms with Gasteiger partial charge in [0.2, 0.25) is 0 Å². The van der Waals surface area contributed by atoms with Crippen molar-refractivity contribution in [1.29, 1.82) is 0 Å². The number of carbonyl (C=O) groups excluding carboxylic acids is 1. The molecule has 0 aliphatic heterocycles. The fourth-order valence-corrected chi connectivity index (χ4v) is 4.71. The van der Waals surface area contributed by atoms with Gasteiger partial charge >= 0.3 is 0 Å². The minimum Gasteiger partial charge on any atom is -0.396 e. The maximum absolute atomic E-state index is 11.8. The number of aromatic nitrogens is 6. The van der Waals surface area contributed by atoms with Crippen molar-refractivity contribution in [1.82, 2.24) is 35.1 Å². The second-order valence-electron chi connectivity index (χ2n) is 7.87. The van der Waals surface area contributed by atoms with Gasteiger partial charge in [-0.3, -0.25) is 14.9 Å². The van der Waals surface area contributed by atoms with Gasteiger partial charge < -0.3 is 10.1 Å². The van der Waals surface area contributed by atoms with Gasteiger partial charge in [0.15, 0.2) is 22.9 Å². The molecule has 11 heteroatoms. The number of carbonyl (C=O) groups is 1. The Kier molecular flexibility index (Phi) is 5.93. The monoisotopic (exact) mass is 486 g/mol. The number of hydrazone groups is 1. The molecule has 0 aromatic carbocycles. The van der Waals surface area contributed by atoms with Crippen molar-refractivity contribution in [3.63, 3.8) is 0 Å². The maximum atomic E-state index is 11.8. The normalized spacial score (nSPS) is 11.9. The highest BCUT2D eigenvalue weighted by molar-refractivity contribution is 7.17. The first kappa shape index (κ1) is 22.6. The number of rotatable bonds is 8. The van der Waals surface area contributed by atoms with E-state index in [9.17, 15) is 9.90 Å². The van der Waals surface area contributed by atoms with Crippen LogP contribution in [0.4, 0.5) is 0 Å². The molecular formula is C24H22N8O2S. The molecule has 0 bridgehead atoms. The number of Topliss-reactive ketones (excluding diaryl/α,β-unsaturated/α-hetero) is 1. The average molecular weight is 487 g/mol. The van der Waals surface area contributed by atoms with Crippen molar-refractivity contribution in [2.45, 2.75) is 13.3 Å². The molecule has 0 aliphatic rings. The van der Waals surface area contributed by atoms with E-state index in [1.807, 2.05) is 30.3 Å². The fraction of sp³-hybridized carbons (Fsp3) is 0.167. The summed E-state index contributed by atoms with van der Waals surface area (Å²) in [5.41, 5.74) is 5.63. The number of hydrogen-bond acceptors (Lipinski definition) is 9. The first-order valence-electron chi connectivity index (χ1n) is 10.8. The van der Waals surface area contributed by atoms with E-state index in [1.165, 1.54) is 11.3 Å². The fourth-order valence-electron chi connectivity index (χ4n) is 3.78. The summed E-state index contributed by atoms with van der Waals surface area (Å²) in [6.07, 6.45) is 3.90.